The summed E-state index contributed by atoms with van der Waals surface area (Å²) in [5.41, 5.74) is 0. The smallest absolute Gasteiger partial charge is 0.293 e. The van der Waals surface area contributed by atoms with E-state index in [1.807, 2.05) is 18.2 Å². The molecule has 0 bridgehead atoms. The summed E-state index contributed by atoms with van der Waals surface area (Å²) in [5, 5.41) is 0. The van der Waals surface area contributed by atoms with Crippen LogP contribution in [0.3, 0.4) is 0 Å². The second kappa shape index (κ2) is 12.6. The van der Waals surface area contributed by atoms with Crippen molar-refractivity contribution in [1.29, 1.82) is 0 Å². The van der Waals surface area contributed by atoms with Gasteiger partial charge in [-0.2, -0.15) is 0 Å². The molecule has 1 aromatic heterocycles. The Kier molecular flexibility index (Phi) is 14.1. The maximum absolute atomic E-state index is 9.18. The van der Waals surface area contributed by atoms with E-state index in [0.29, 0.717) is 13.1 Å². The number of hydrogen-bond acceptors (Lipinski definition) is 3. The molecule has 0 radical (unpaired) electrons. The minimum atomic E-state index is 0. The molecule has 1 rings (SSSR count). The number of hydrogen-bond donors (Lipinski definition) is 0. The fourth-order valence-electron chi connectivity index (χ4n) is 0.381. The van der Waals surface area contributed by atoms with Crippen LogP contribution in [0.5, 0.6) is 0 Å². The molecule has 0 saturated carbocycles. The molecule has 0 aromatic carbocycles. The van der Waals surface area contributed by atoms with Crippen LogP contribution in [0.4, 0.5) is 0 Å². The van der Waals surface area contributed by atoms with E-state index >= 15 is 0 Å². The molecular weight excluding hydrogens is 178 g/mol. The van der Waals surface area contributed by atoms with Crippen LogP contribution in [0.2, 0.25) is 0 Å². The van der Waals surface area contributed by atoms with E-state index in [0.717, 1.165) is 0 Å². The Morgan fingerprint density at radius 1 is 1.33 bits per heavy atom. The Hall–Kier alpha value is -1.09. The number of rotatable bonds is 2. The van der Waals surface area contributed by atoms with E-state index in [1.54, 1.807) is 19.3 Å². The molecule has 68 valence electrons. The van der Waals surface area contributed by atoms with Crippen LogP contribution in [0, 0.1) is 0 Å². The first-order chi connectivity index (χ1) is 5.41. The van der Waals surface area contributed by atoms with E-state index in [4.69, 9.17) is 0 Å². The lowest BCUT2D eigenvalue weighted by atomic mass is 10.5. The van der Waals surface area contributed by atoms with Gasteiger partial charge in [0.15, 0.2) is 0 Å². The summed E-state index contributed by atoms with van der Waals surface area (Å²) in [7, 11) is 0. The summed E-state index contributed by atoms with van der Waals surface area (Å²) in [6, 6.07) is 5.72. The summed E-state index contributed by atoms with van der Waals surface area (Å²) in [5.74, 6) is 0. The highest BCUT2D eigenvalue weighted by Crippen LogP contribution is 1.73. The molecule has 0 spiro atoms. The molecule has 0 amide bonds. The van der Waals surface area contributed by atoms with Crippen molar-refractivity contribution >= 4 is 18.9 Å². The van der Waals surface area contributed by atoms with Gasteiger partial charge in [-0.1, -0.05) is 6.07 Å². The standard InChI is InChI=1S/C5H5N.C3H6O2.ClH/c1-2-4-6-5-3-1;1-2-5-3-4;/h1-5H;3H,2H2,1H3;1H. The lowest BCUT2D eigenvalue weighted by molar-refractivity contribution is -0.128. The molecule has 1 heterocycles. The van der Waals surface area contributed by atoms with Gasteiger partial charge in [0.05, 0.1) is 6.61 Å². The van der Waals surface area contributed by atoms with Crippen LogP contribution in [0.15, 0.2) is 30.6 Å². The molecule has 0 aliphatic carbocycles. The zero-order valence-electron chi connectivity index (χ0n) is 6.84. The highest BCUT2D eigenvalue weighted by atomic mass is 35.5. The average Bonchev–Trinajstić information content (AvgIpc) is 2.10. The first-order valence-corrected chi connectivity index (χ1v) is 3.32. The third kappa shape index (κ3) is 11.7. The van der Waals surface area contributed by atoms with Gasteiger partial charge in [-0.15, -0.1) is 12.4 Å². The summed E-state index contributed by atoms with van der Waals surface area (Å²) < 4.78 is 4.15. The van der Waals surface area contributed by atoms with Gasteiger partial charge in [-0.05, 0) is 19.1 Å². The molecule has 0 fully saturated rings. The van der Waals surface area contributed by atoms with Crippen molar-refractivity contribution in [2.24, 2.45) is 0 Å². The largest absolute Gasteiger partial charge is 0.468 e. The molecular formula is C8H12ClNO2. The third-order valence-corrected chi connectivity index (χ3v) is 0.801. The summed E-state index contributed by atoms with van der Waals surface area (Å²) in [6.45, 7) is 2.66. The van der Waals surface area contributed by atoms with Gasteiger partial charge in [0, 0.05) is 12.4 Å². The van der Waals surface area contributed by atoms with Crippen molar-refractivity contribution in [2.75, 3.05) is 6.61 Å². The number of halogens is 1. The van der Waals surface area contributed by atoms with Gasteiger partial charge in [-0.3, -0.25) is 9.78 Å². The second-order valence-electron chi connectivity index (χ2n) is 1.58. The van der Waals surface area contributed by atoms with E-state index < -0.39 is 0 Å². The Morgan fingerprint density at radius 3 is 2.00 bits per heavy atom. The summed E-state index contributed by atoms with van der Waals surface area (Å²) in [6.07, 6.45) is 3.50. The number of pyridine rings is 1. The molecule has 4 heteroatoms. The van der Waals surface area contributed by atoms with Crippen molar-refractivity contribution in [3.05, 3.63) is 30.6 Å². The van der Waals surface area contributed by atoms with Gasteiger partial charge in [-0.25, -0.2) is 0 Å². The van der Waals surface area contributed by atoms with Crippen LogP contribution in [-0.4, -0.2) is 18.1 Å². The minimum absolute atomic E-state index is 0. The number of nitrogens with zero attached hydrogens (tertiary/aromatic N) is 1. The molecule has 3 nitrogen and oxygen atoms in total. The normalized spacial score (nSPS) is 6.75. The summed E-state index contributed by atoms with van der Waals surface area (Å²) >= 11 is 0. The van der Waals surface area contributed by atoms with E-state index in [1.165, 1.54) is 0 Å². The van der Waals surface area contributed by atoms with Gasteiger partial charge >= 0.3 is 0 Å². The third-order valence-electron chi connectivity index (χ3n) is 0.801. The first kappa shape index (κ1) is 13.5. The van der Waals surface area contributed by atoms with Crippen LogP contribution in [0.1, 0.15) is 6.92 Å². The highest BCUT2D eigenvalue weighted by molar-refractivity contribution is 5.85. The lowest BCUT2D eigenvalue weighted by Gasteiger charge is -1.79. The average molecular weight is 190 g/mol. The molecule has 0 aliphatic rings. The zero-order chi connectivity index (χ0) is 8.36. The maximum Gasteiger partial charge on any atom is 0.293 e. The molecule has 0 atom stereocenters. The first-order valence-electron chi connectivity index (χ1n) is 3.32. The zero-order valence-corrected chi connectivity index (χ0v) is 7.66. The Morgan fingerprint density at radius 2 is 1.92 bits per heavy atom. The molecule has 1 aromatic rings. The fraction of sp³-hybridized carbons (Fsp3) is 0.250. The quantitative estimate of drug-likeness (QED) is 0.665. The van der Waals surface area contributed by atoms with Crippen molar-refractivity contribution < 1.29 is 9.53 Å². The fourth-order valence-corrected chi connectivity index (χ4v) is 0.381. The topological polar surface area (TPSA) is 39.2 Å². The highest BCUT2D eigenvalue weighted by Gasteiger charge is 1.61. The summed E-state index contributed by atoms with van der Waals surface area (Å²) in [4.78, 5) is 13.0. The number of ether oxygens (including phenoxy) is 1. The van der Waals surface area contributed by atoms with Gasteiger partial charge in [0.1, 0.15) is 0 Å². The molecule has 0 saturated heterocycles. The van der Waals surface area contributed by atoms with E-state index in [2.05, 4.69) is 9.72 Å². The SMILES string of the molecule is CCOC=O.Cl.c1ccncc1. The second-order valence-corrected chi connectivity index (χ2v) is 1.58. The molecule has 0 aliphatic heterocycles. The monoisotopic (exact) mass is 189 g/mol. The van der Waals surface area contributed by atoms with Crippen LogP contribution < -0.4 is 0 Å². The Labute approximate surface area is 78.2 Å². The van der Waals surface area contributed by atoms with Crippen LogP contribution in [0.25, 0.3) is 0 Å². The minimum Gasteiger partial charge on any atom is -0.468 e. The predicted molar refractivity (Wildman–Crippen MR) is 49.2 cm³/mol. The lowest BCUT2D eigenvalue weighted by Crippen LogP contribution is -1.80. The predicted octanol–water partition coefficient (Wildman–Crippen LogP) is 1.68. The van der Waals surface area contributed by atoms with Gasteiger partial charge in [0.2, 0.25) is 0 Å². The van der Waals surface area contributed by atoms with Crippen molar-refractivity contribution in [3.63, 3.8) is 0 Å². The number of carbonyl (C=O) groups excluding carboxylic acids is 1. The molecule has 0 N–H and O–H groups in total. The maximum atomic E-state index is 9.18. The van der Waals surface area contributed by atoms with E-state index in [9.17, 15) is 4.79 Å². The van der Waals surface area contributed by atoms with Crippen LogP contribution >= 0.6 is 12.4 Å². The Balaban J connectivity index is 0. The van der Waals surface area contributed by atoms with E-state index in [-0.39, 0.29) is 12.4 Å². The molecule has 12 heavy (non-hydrogen) atoms. The van der Waals surface area contributed by atoms with Gasteiger partial charge in [0.25, 0.3) is 6.47 Å². The van der Waals surface area contributed by atoms with Gasteiger partial charge < -0.3 is 4.74 Å². The van der Waals surface area contributed by atoms with Crippen molar-refractivity contribution in [3.8, 4) is 0 Å². The van der Waals surface area contributed by atoms with Crippen molar-refractivity contribution in [2.45, 2.75) is 6.92 Å². The Bertz CT molecular complexity index is 143. The number of carbonyl (C=O) groups is 1. The molecule has 0 unspecified atom stereocenters. The van der Waals surface area contributed by atoms with Crippen molar-refractivity contribution in [1.82, 2.24) is 4.98 Å². The number of aromatic nitrogens is 1. The van der Waals surface area contributed by atoms with Crippen LogP contribution in [-0.2, 0) is 9.53 Å².